The third-order valence-corrected chi connectivity index (χ3v) is 2.98. The summed E-state index contributed by atoms with van der Waals surface area (Å²) >= 11 is 0. The lowest BCUT2D eigenvalue weighted by Crippen LogP contribution is -2.50. The number of nitrogens with two attached hydrogens (primary N) is 1. The summed E-state index contributed by atoms with van der Waals surface area (Å²) < 4.78 is 46.2. The number of hydrogen-bond donors (Lipinski definition) is 1. The fraction of sp³-hybridized carbons (Fsp3) is 0.467. The molecule has 1 aromatic carbocycles. The molecule has 0 heterocycles. The van der Waals surface area contributed by atoms with E-state index in [1.165, 1.54) is 19.0 Å². The van der Waals surface area contributed by atoms with Gasteiger partial charge in [0.2, 0.25) is 0 Å². The maximum atomic E-state index is 12.3. The van der Waals surface area contributed by atoms with Crippen LogP contribution >= 0.6 is 0 Å². The second kappa shape index (κ2) is 8.65. The van der Waals surface area contributed by atoms with Gasteiger partial charge in [-0.1, -0.05) is 30.3 Å². The van der Waals surface area contributed by atoms with Crippen LogP contribution in [0.25, 0.3) is 0 Å². The van der Waals surface area contributed by atoms with Crippen molar-refractivity contribution in [3.8, 4) is 0 Å². The van der Waals surface area contributed by atoms with E-state index in [0.717, 1.165) is 5.56 Å². The van der Waals surface area contributed by atoms with Gasteiger partial charge in [0.25, 0.3) is 0 Å². The van der Waals surface area contributed by atoms with Crippen LogP contribution in [0.15, 0.2) is 30.3 Å². The first-order valence-electron chi connectivity index (χ1n) is 7.00. The number of ether oxygens (including phenoxy) is 2. The van der Waals surface area contributed by atoms with Gasteiger partial charge in [-0.05, 0) is 19.7 Å². The van der Waals surface area contributed by atoms with E-state index in [-0.39, 0.29) is 6.61 Å². The Morgan fingerprint density at radius 1 is 1.21 bits per heavy atom. The van der Waals surface area contributed by atoms with Crippen LogP contribution in [-0.4, -0.2) is 49.4 Å². The fourth-order valence-corrected chi connectivity index (χ4v) is 1.84. The Hall–Kier alpha value is -2.13. The molecule has 0 saturated carbocycles. The molecule has 1 rings (SSSR count). The Morgan fingerprint density at radius 2 is 1.79 bits per heavy atom. The number of hydrogen-bond acceptors (Lipinski definition) is 6. The standard InChI is InChI=1S/C15H19F3N2O4/c1-20(2)13(24-14(22)15(16,17)18)11(19)8-12(21)23-9-10-6-4-3-5-7-10/h3-7,11,13H,8-9,19H2,1-2H3/t11-,13?/m1/s1. The lowest BCUT2D eigenvalue weighted by atomic mass is 10.2. The number of rotatable bonds is 7. The molecule has 0 fully saturated rings. The largest absolute Gasteiger partial charge is 0.490 e. The van der Waals surface area contributed by atoms with E-state index >= 15 is 0 Å². The Labute approximate surface area is 137 Å². The molecule has 0 bridgehead atoms. The van der Waals surface area contributed by atoms with Crippen LogP contribution in [0.2, 0.25) is 0 Å². The van der Waals surface area contributed by atoms with E-state index in [0.29, 0.717) is 0 Å². The average molecular weight is 348 g/mol. The van der Waals surface area contributed by atoms with E-state index in [1.54, 1.807) is 30.3 Å². The van der Waals surface area contributed by atoms with Crippen molar-refractivity contribution in [2.45, 2.75) is 31.5 Å². The molecule has 9 heteroatoms. The number of halogens is 3. The van der Waals surface area contributed by atoms with Gasteiger partial charge < -0.3 is 15.2 Å². The minimum absolute atomic E-state index is 0.0152. The molecule has 1 unspecified atom stereocenters. The molecule has 24 heavy (non-hydrogen) atoms. The van der Waals surface area contributed by atoms with Crippen LogP contribution in [0.3, 0.4) is 0 Å². The summed E-state index contributed by atoms with van der Waals surface area (Å²) in [5, 5.41) is 0. The number of nitrogens with zero attached hydrogens (tertiary/aromatic N) is 1. The molecule has 0 saturated heterocycles. The number of carbonyl (C=O) groups is 2. The Morgan fingerprint density at radius 3 is 2.29 bits per heavy atom. The number of alkyl halides is 3. The maximum absolute atomic E-state index is 12.3. The molecule has 0 spiro atoms. The average Bonchev–Trinajstić information content (AvgIpc) is 2.49. The quantitative estimate of drug-likeness (QED) is 0.593. The molecule has 0 aromatic heterocycles. The van der Waals surface area contributed by atoms with Crippen molar-refractivity contribution in [1.29, 1.82) is 0 Å². The monoisotopic (exact) mass is 348 g/mol. The molecule has 134 valence electrons. The molecule has 0 aliphatic heterocycles. The summed E-state index contributed by atoms with van der Waals surface area (Å²) in [6.07, 6.45) is -6.95. The normalized spacial score (nSPS) is 14.1. The van der Waals surface area contributed by atoms with E-state index in [1.807, 2.05) is 0 Å². The zero-order valence-electron chi connectivity index (χ0n) is 13.2. The second-order valence-corrected chi connectivity index (χ2v) is 5.27. The molecule has 2 atom stereocenters. The summed E-state index contributed by atoms with van der Waals surface area (Å²) in [5.74, 6) is -3.07. The highest BCUT2D eigenvalue weighted by Crippen LogP contribution is 2.19. The van der Waals surface area contributed by atoms with Gasteiger partial charge in [0.1, 0.15) is 6.61 Å². The Kier molecular flexibility index (Phi) is 7.18. The first-order chi connectivity index (χ1) is 11.1. The Bertz CT molecular complexity index is 549. The van der Waals surface area contributed by atoms with E-state index < -0.39 is 36.8 Å². The number of esters is 2. The molecular formula is C15H19F3N2O4. The van der Waals surface area contributed by atoms with Gasteiger partial charge in [-0.15, -0.1) is 0 Å². The maximum Gasteiger partial charge on any atom is 0.490 e. The first kappa shape index (κ1) is 19.9. The summed E-state index contributed by atoms with van der Waals surface area (Å²) in [4.78, 5) is 23.9. The van der Waals surface area contributed by atoms with Crippen LogP contribution in [0, 0.1) is 0 Å². The summed E-state index contributed by atoms with van der Waals surface area (Å²) in [7, 11) is 2.76. The van der Waals surface area contributed by atoms with E-state index in [9.17, 15) is 22.8 Å². The van der Waals surface area contributed by atoms with Crippen molar-refractivity contribution < 1.29 is 32.2 Å². The highest BCUT2D eigenvalue weighted by atomic mass is 19.4. The highest BCUT2D eigenvalue weighted by molar-refractivity contribution is 5.76. The minimum atomic E-state index is -5.14. The smallest absolute Gasteiger partial charge is 0.461 e. The second-order valence-electron chi connectivity index (χ2n) is 5.27. The highest BCUT2D eigenvalue weighted by Gasteiger charge is 2.43. The zero-order chi connectivity index (χ0) is 18.3. The van der Waals surface area contributed by atoms with Crippen molar-refractivity contribution in [2.75, 3.05) is 14.1 Å². The van der Waals surface area contributed by atoms with E-state index in [4.69, 9.17) is 10.5 Å². The molecule has 0 aliphatic rings. The van der Waals surface area contributed by atoms with Crippen molar-refractivity contribution in [3.05, 3.63) is 35.9 Å². The van der Waals surface area contributed by atoms with Gasteiger partial charge >= 0.3 is 18.1 Å². The summed E-state index contributed by atoms with van der Waals surface area (Å²) in [6, 6.07) is 7.68. The van der Waals surface area contributed by atoms with Gasteiger partial charge in [-0.2, -0.15) is 13.2 Å². The zero-order valence-corrected chi connectivity index (χ0v) is 13.2. The SMILES string of the molecule is CN(C)C(OC(=O)C(F)(F)F)[C@H](N)CC(=O)OCc1ccccc1. The number of carbonyl (C=O) groups excluding carboxylic acids is 2. The molecular weight excluding hydrogens is 329 g/mol. The van der Waals surface area contributed by atoms with Crippen LogP contribution in [0.1, 0.15) is 12.0 Å². The van der Waals surface area contributed by atoms with Gasteiger partial charge in [0.15, 0.2) is 6.23 Å². The van der Waals surface area contributed by atoms with Crippen LogP contribution in [0.5, 0.6) is 0 Å². The Balaban J connectivity index is 2.56. The van der Waals surface area contributed by atoms with Gasteiger partial charge in [-0.3, -0.25) is 9.69 Å². The molecule has 6 nitrogen and oxygen atoms in total. The topological polar surface area (TPSA) is 81.9 Å². The van der Waals surface area contributed by atoms with Crippen molar-refractivity contribution >= 4 is 11.9 Å². The van der Waals surface area contributed by atoms with Gasteiger partial charge in [0, 0.05) is 0 Å². The first-order valence-corrected chi connectivity index (χ1v) is 7.00. The van der Waals surface area contributed by atoms with Crippen LogP contribution < -0.4 is 5.73 Å². The van der Waals surface area contributed by atoms with Crippen molar-refractivity contribution in [2.24, 2.45) is 5.73 Å². The molecule has 2 N–H and O–H groups in total. The summed E-state index contributed by atoms with van der Waals surface area (Å²) in [5.41, 5.74) is 6.45. The third kappa shape index (κ3) is 6.55. The third-order valence-electron chi connectivity index (χ3n) is 2.98. The van der Waals surface area contributed by atoms with Crippen LogP contribution in [0.4, 0.5) is 13.2 Å². The van der Waals surface area contributed by atoms with Gasteiger partial charge in [-0.25, -0.2) is 4.79 Å². The lowest BCUT2D eigenvalue weighted by molar-refractivity contribution is -0.213. The predicted molar refractivity (Wildman–Crippen MR) is 78.5 cm³/mol. The lowest BCUT2D eigenvalue weighted by Gasteiger charge is -2.29. The molecule has 0 radical (unpaired) electrons. The number of benzene rings is 1. The minimum Gasteiger partial charge on any atom is -0.461 e. The fourth-order valence-electron chi connectivity index (χ4n) is 1.84. The molecule has 0 aliphatic carbocycles. The van der Waals surface area contributed by atoms with E-state index in [2.05, 4.69) is 4.74 Å². The van der Waals surface area contributed by atoms with Crippen LogP contribution in [-0.2, 0) is 25.7 Å². The molecule has 0 amide bonds. The van der Waals surface area contributed by atoms with Gasteiger partial charge in [0.05, 0.1) is 12.5 Å². The predicted octanol–water partition coefficient (Wildman–Crippen LogP) is 1.44. The van der Waals surface area contributed by atoms with Crippen molar-refractivity contribution in [3.63, 3.8) is 0 Å². The molecule has 1 aromatic rings. The summed E-state index contributed by atoms with van der Waals surface area (Å²) in [6.45, 7) is 0.0152. The van der Waals surface area contributed by atoms with Crippen molar-refractivity contribution in [1.82, 2.24) is 4.90 Å². The number of likely N-dealkylation sites (N-methyl/N-ethyl adjacent to an activating group) is 1.